The van der Waals surface area contributed by atoms with Gasteiger partial charge in [0.15, 0.2) is 0 Å². The molecule has 0 radical (unpaired) electrons. The Morgan fingerprint density at radius 3 is 0.622 bits per heavy atom. The van der Waals surface area contributed by atoms with Gasteiger partial charge in [0.1, 0.15) is 34.9 Å². The molecule has 0 N–H and O–H groups in total. The van der Waals surface area contributed by atoms with Gasteiger partial charge in [-0.25, -0.2) is 29.9 Å². The molecule has 9 nitrogen and oxygen atoms in total. The molecule has 216 valence electrons. The zero-order valence-electron chi connectivity index (χ0n) is 24.1. The molecule has 0 unspecified atom stereocenters. The van der Waals surface area contributed by atoms with Crippen molar-refractivity contribution in [2.24, 2.45) is 0 Å². The monoisotopic (exact) mass is 585 g/mol. The van der Waals surface area contributed by atoms with E-state index < -0.39 is 0 Å². The first-order chi connectivity index (χ1) is 22.3. The lowest BCUT2D eigenvalue weighted by Gasteiger charge is -2.30. The molecule has 0 amide bonds. The number of pyridine rings is 6. The molecule has 45 heavy (non-hydrogen) atoms. The average Bonchev–Trinajstić information content (AvgIpc) is 3.12. The highest BCUT2D eigenvalue weighted by atomic mass is 15.3. The number of hydrogen-bond acceptors (Lipinski definition) is 9. The summed E-state index contributed by atoms with van der Waals surface area (Å²) in [6.45, 7) is 0. The van der Waals surface area contributed by atoms with E-state index in [1.54, 1.807) is 37.2 Å². The molecule has 6 heterocycles. The quantitative estimate of drug-likeness (QED) is 0.165. The van der Waals surface area contributed by atoms with E-state index >= 15 is 0 Å². The largest absolute Gasteiger partial charge is 0.279 e. The molecule has 0 spiro atoms. The second-order valence-corrected chi connectivity index (χ2v) is 9.84. The van der Waals surface area contributed by atoms with Crippen LogP contribution >= 0.6 is 0 Å². The molecule has 0 fully saturated rings. The molecule has 0 saturated heterocycles. The Kier molecular flexibility index (Phi) is 7.78. The first kappa shape index (κ1) is 27.4. The summed E-state index contributed by atoms with van der Waals surface area (Å²) in [5, 5.41) is 0. The third-order valence-electron chi connectivity index (χ3n) is 6.93. The normalized spacial score (nSPS) is 10.7. The standard InChI is InChI=1S/C36H27N9/c1-7-19-37-31(13-1)43(32-14-2-8-20-38-32)28-25-29(44(33-15-3-9-21-39-33)34-16-4-10-22-40-34)27-30(26-28)45(35-17-5-11-23-41-35)36-18-6-12-24-42-36/h1-27H. The summed E-state index contributed by atoms with van der Waals surface area (Å²) in [7, 11) is 0. The fourth-order valence-electron chi connectivity index (χ4n) is 5.03. The minimum absolute atomic E-state index is 0.712. The molecule has 0 atom stereocenters. The predicted molar refractivity (Wildman–Crippen MR) is 177 cm³/mol. The minimum Gasteiger partial charge on any atom is -0.279 e. The number of benzene rings is 1. The number of rotatable bonds is 9. The summed E-state index contributed by atoms with van der Waals surface area (Å²) >= 11 is 0. The van der Waals surface area contributed by atoms with Gasteiger partial charge < -0.3 is 0 Å². The average molecular weight is 586 g/mol. The maximum absolute atomic E-state index is 4.72. The van der Waals surface area contributed by atoms with Crippen molar-refractivity contribution in [1.29, 1.82) is 0 Å². The molecule has 0 aliphatic heterocycles. The van der Waals surface area contributed by atoms with Gasteiger partial charge in [-0.05, 0) is 91.0 Å². The fourth-order valence-corrected chi connectivity index (χ4v) is 5.03. The molecular formula is C36H27N9. The zero-order valence-corrected chi connectivity index (χ0v) is 24.1. The lowest BCUT2D eigenvalue weighted by atomic mass is 10.1. The molecule has 0 saturated carbocycles. The summed E-state index contributed by atoms with van der Waals surface area (Å²) in [6.07, 6.45) is 10.7. The predicted octanol–water partition coefficient (Wildman–Crippen LogP) is 8.47. The SMILES string of the molecule is c1ccc(N(c2cc(N(c3ccccn3)c3ccccn3)cc(N(c3ccccn3)c3ccccn3)c2)c2ccccn2)nc1. The smallest absolute Gasteiger partial charge is 0.138 e. The van der Waals surface area contributed by atoms with Gasteiger partial charge in [-0.3, -0.25) is 14.7 Å². The van der Waals surface area contributed by atoms with Crippen molar-refractivity contribution in [3.8, 4) is 0 Å². The van der Waals surface area contributed by atoms with E-state index in [2.05, 4.69) is 18.2 Å². The van der Waals surface area contributed by atoms with Gasteiger partial charge in [0.05, 0.1) is 17.1 Å². The summed E-state index contributed by atoms with van der Waals surface area (Å²) in [6, 6.07) is 41.2. The van der Waals surface area contributed by atoms with Crippen molar-refractivity contribution in [3.05, 3.63) is 165 Å². The first-order valence-electron chi connectivity index (χ1n) is 14.4. The van der Waals surface area contributed by atoms with E-state index in [0.717, 1.165) is 17.1 Å². The van der Waals surface area contributed by atoms with Gasteiger partial charge >= 0.3 is 0 Å². The molecule has 9 heteroatoms. The number of hydrogen-bond donors (Lipinski definition) is 0. The van der Waals surface area contributed by atoms with E-state index in [-0.39, 0.29) is 0 Å². The Morgan fingerprint density at radius 2 is 0.467 bits per heavy atom. The lowest BCUT2D eigenvalue weighted by molar-refractivity contribution is 1.09. The Labute approximate surface area is 260 Å². The Bertz CT molecular complexity index is 1590. The molecule has 0 aliphatic rings. The Hall–Kier alpha value is -6.48. The van der Waals surface area contributed by atoms with Gasteiger partial charge in [-0.15, -0.1) is 0 Å². The van der Waals surface area contributed by atoms with Crippen LogP contribution in [0.15, 0.2) is 165 Å². The van der Waals surface area contributed by atoms with Crippen LogP contribution in [0.3, 0.4) is 0 Å². The fraction of sp³-hybridized carbons (Fsp3) is 0. The summed E-state index contributed by atoms with van der Waals surface area (Å²) in [5.41, 5.74) is 2.44. The molecule has 7 aromatic rings. The summed E-state index contributed by atoms with van der Waals surface area (Å²) in [4.78, 5) is 34.4. The van der Waals surface area contributed by atoms with Gasteiger partial charge in [0.2, 0.25) is 0 Å². The van der Waals surface area contributed by atoms with E-state index in [1.165, 1.54) is 0 Å². The molecule has 7 rings (SSSR count). The van der Waals surface area contributed by atoms with Gasteiger partial charge in [-0.2, -0.15) is 0 Å². The zero-order chi connectivity index (χ0) is 30.3. The van der Waals surface area contributed by atoms with Crippen molar-refractivity contribution < 1.29 is 0 Å². The van der Waals surface area contributed by atoms with Gasteiger partial charge in [-0.1, -0.05) is 36.4 Å². The minimum atomic E-state index is 0.712. The molecular weight excluding hydrogens is 558 g/mol. The van der Waals surface area contributed by atoms with Crippen molar-refractivity contribution in [1.82, 2.24) is 29.9 Å². The van der Waals surface area contributed by atoms with Gasteiger partial charge in [0.25, 0.3) is 0 Å². The highest BCUT2D eigenvalue weighted by Crippen LogP contribution is 2.43. The van der Waals surface area contributed by atoms with Crippen LogP contribution in [0.25, 0.3) is 0 Å². The lowest BCUT2D eigenvalue weighted by Crippen LogP contribution is -2.18. The van der Waals surface area contributed by atoms with Crippen LogP contribution in [0.1, 0.15) is 0 Å². The van der Waals surface area contributed by atoms with Crippen LogP contribution in [0, 0.1) is 0 Å². The van der Waals surface area contributed by atoms with E-state index in [9.17, 15) is 0 Å². The third kappa shape index (κ3) is 5.91. The Morgan fingerprint density at radius 1 is 0.267 bits per heavy atom. The van der Waals surface area contributed by atoms with E-state index in [0.29, 0.717) is 34.9 Å². The van der Waals surface area contributed by atoms with Crippen molar-refractivity contribution in [3.63, 3.8) is 0 Å². The maximum Gasteiger partial charge on any atom is 0.138 e. The van der Waals surface area contributed by atoms with E-state index in [4.69, 9.17) is 29.9 Å². The van der Waals surface area contributed by atoms with Gasteiger partial charge in [0, 0.05) is 37.2 Å². The molecule has 0 bridgehead atoms. The van der Waals surface area contributed by atoms with Crippen molar-refractivity contribution >= 4 is 52.0 Å². The number of anilines is 9. The van der Waals surface area contributed by atoms with E-state index in [1.807, 2.05) is 124 Å². The molecule has 6 aromatic heterocycles. The molecule has 0 aliphatic carbocycles. The van der Waals surface area contributed by atoms with Crippen LogP contribution in [-0.2, 0) is 0 Å². The van der Waals surface area contributed by atoms with Crippen molar-refractivity contribution in [2.45, 2.75) is 0 Å². The molecule has 1 aromatic carbocycles. The summed E-state index contributed by atoms with van der Waals surface area (Å²) < 4.78 is 0. The second kappa shape index (κ2) is 12.8. The van der Waals surface area contributed by atoms with Crippen LogP contribution in [0.2, 0.25) is 0 Å². The topological polar surface area (TPSA) is 87.1 Å². The van der Waals surface area contributed by atoms with Crippen LogP contribution in [0.4, 0.5) is 52.0 Å². The Balaban J connectivity index is 1.52. The third-order valence-corrected chi connectivity index (χ3v) is 6.93. The van der Waals surface area contributed by atoms with Crippen LogP contribution < -0.4 is 14.7 Å². The van der Waals surface area contributed by atoms with Crippen LogP contribution in [0.5, 0.6) is 0 Å². The highest BCUT2D eigenvalue weighted by Gasteiger charge is 2.24. The van der Waals surface area contributed by atoms with Crippen molar-refractivity contribution in [2.75, 3.05) is 14.7 Å². The number of nitrogens with zero attached hydrogens (tertiary/aromatic N) is 9. The summed E-state index contributed by atoms with van der Waals surface area (Å²) in [5.74, 6) is 4.27. The number of aromatic nitrogens is 6. The highest BCUT2D eigenvalue weighted by molar-refractivity contribution is 5.86. The second-order valence-electron chi connectivity index (χ2n) is 9.84. The first-order valence-corrected chi connectivity index (χ1v) is 14.4. The van der Waals surface area contributed by atoms with Crippen LogP contribution in [-0.4, -0.2) is 29.9 Å². The maximum atomic E-state index is 4.72.